The molecule has 1 rings (SSSR count). The van der Waals surface area contributed by atoms with Crippen molar-refractivity contribution in [1.82, 2.24) is 5.32 Å². The summed E-state index contributed by atoms with van der Waals surface area (Å²) in [5, 5.41) is 2.74. The van der Waals surface area contributed by atoms with Crippen LogP contribution in [0.15, 0.2) is 18.2 Å². The average Bonchev–Trinajstić information content (AvgIpc) is 2.43. The summed E-state index contributed by atoms with van der Waals surface area (Å²) < 4.78 is 16.1. The van der Waals surface area contributed by atoms with Gasteiger partial charge in [-0.15, -0.1) is 0 Å². The van der Waals surface area contributed by atoms with Crippen molar-refractivity contribution in [2.24, 2.45) is 0 Å². The van der Waals surface area contributed by atoms with Crippen LogP contribution in [0.4, 0.5) is 4.79 Å². The zero-order valence-corrected chi connectivity index (χ0v) is 14.2. The molecule has 124 valence electrons. The molecule has 0 aliphatic rings. The first-order valence-electron chi connectivity index (χ1n) is 7.62. The summed E-state index contributed by atoms with van der Waals surface area (Å²) in [6.45, 7) is 8.75. The van der Waals surface area contributed by atoms with Crippen LogP contribution < -0.4 is 14.8 Å². The number of amides is 1. The molecule has 0 heterocycles. The van der Waals surface area contributed by atoms with Gasteiger partial charge < -0.3 is 19.5 Å². The molecular formula is C17H27NO4. The number of benzene rings is 1. The molecule has 1 N–H and O–H groups in total. The van der Waals surface area contributed by atoms with Crippen LogP contribution in [0.1, 0.15) is 39.7 Å². The Kier molecular flexibility index (Phi) is 7.02. The Labute approximate surface area is 132 Å². The van der Waals surface area contributed by atoms with Gasteiger partial charge in [0.05, 0.1) is 13.7 Å². The largest absolute Gasteiger partial charge is 0.493 e. The molecule has 1 aromatic rings. The highest BCUT2D eigenvalue weighted by atomic mass is 16.6. The van der Waals surface area contributed by atoms with Gasteiger partial charge in [-0.05, 0) is 51.3 Å². The standard InChI is InChI=1S/C17H27NO4/c1-6-11-21-14-8-7-13(12-15(14)20-5)9-10-18-16(19)22-17(2,3)4/h7-8,12H,6,9-11H2,1-5H3,(H,18,19). The molecule has 0 fully saturated rings. The Morgan fingerprint density at radius 1 is 1.23 bits per heavy atom. The van der Waals surface area contributed by atoms with Gasteiger partial charge >= 0.3 is 6.09 Å². The number of hydrogen-bond donors (Lipinski definition) is 1. The van der Waals surface area contributed by atoms with E-state index in [4.69, 9.17) is 14.2 Å². The fraction of sp³-hybridized carbons (Fsp3) is 0.588. The smallest absolute Gasteiger partial charge is 0.407 e. The summed E-state index contributed by atoms with van der Waals surface area (Å²) >= 11 is 0. The highest BCUT2D eigenvalue weighted by molar-refractivity contribution is 5.67. The molecule has 0 saturated carbocycles. The summed E-state index contributed by atoms with van der Waals surface area (Å²) in [5.74, 6) is 1.46. The lowest BCUT2D eigenvalue weighted by Gasteiger charge is -2.19. The van der Waals surface area contributed by atoms with E-state index in [1.807, 2.05) is 39.0 Å². The third-order valence-electron chi connectivity index (χ3n) is 2.77. The number of ether oxygens (including phenoxy) is 3. The number of nitrogens with one attached hydrogen (secondary N) is 1. The van der Waals surface area contributed by atoms with E-state index in [1.165, 1.54) is 0 Å². The second-order valence-electron chi connectivity index (χ2n) is 6.01. The Hall–Kier alpha value is -1.91. The number of hydrogen-bond acceptors (Lipinski definition) is 4. The molecule has 0 bridgehead atoms. The summed E-state index contributed by atoms with van der Waals surface area (Å²) in [7, 11) is 1.62. The first-order valence-corrected chi connectivity index (χ1v) is 7.62. The van der Waals surface area contributed by atoms with Crippen molar-refractivity contribution in [2.75, 3.05) is 20.3 Å². The van der Waals surface area contributed by atoms with Crippen LogP contribution >= 0.6 is 0 Å². The molecule has 0 aliphatic carbocycles. The average molecular weight is 309 g/mol. The second kappa shape index (κ2) is 8.51. The van der Waals surface area contributed by atoms with E-state index in [0.29, 0.717) is 25.3 Å². The van der Waals surface area contributed by atoms with Gasteiger partial charge in [0.15, 0.2) is 11.5 Å². The maximum Gasteiger partial charge on any atom is 0.407 e. The van der Waals surface area contributed by atoms with E-state index in [2.05, 4.69) is 12.2 Å². The lowest BCUT2D eigenvalue weighted by molar-refractivity contribution is 0.0528. The zero-order chi connectivity index (χ0) is 16.6. The second-order valence-corrected chi connectivity index (χ2v) is 6.01. The summed E-state index contributed by atoms with van der Waals surface area (Å²) in [5.41, 5.74) is 0.586. The van der Waals surface area contributed by atoms with E-state index >= 15 is 0 Å². The molecule has 0 aliphatic heterocycles. The molecule has 0 saturated heterocycles. The lowest BCUT2D eigenvalue weighted by Crippen LogP contribution is -2.33. The molecule has 0 unspecified atom stereocenters. The molecular weight excluding hydrogens is 282 g/mol. The molecule has 5 heteroatoms. The van der Waals surface area contributed by atoms with Crippen LogP contribution in [0.5, 0.6) is 11.5 Å². The molecule has 1 amide bonds. The molecule has 5 nitrogen and oxygen atoms in total. The van der Waals surface area contributed by atoms with Crippen LogP contribution in [-0.2, 0) is 11.2 Å². The normalized spacial score (nSPS) is 11.0. The van der Waals surface area contributed by atoms with Crippen LogP contribution in [-0.4, -0.2) is 32.0 Å². The van der Waals surface area contributed by atoms with Crippen molar-refractivity contribution in [3.05, 3.63) is 23.8 Å². The van der Waals surface area contributed by atoms with Gasteiger partial charge in [-0.25, -0.2) is 4.79 Å². The highest BCUT2D eigenvalue weighted by Crippen LogP contribution is 2.28. The monoisotopic (exact) mass is 309 g/mol. The number of carbonyl (C=O) groups is 1. The van der Waals surface area contributed by atoms with E-state index in [0.717, 1.165) is 17.7 Å². The highest BCUT2D eigenvalue weighted by Gasteiger charge is 2.15. The Balaban J connectivity index is 2.51. The Morgan fingerprint density at radius 2 is 1.95 bits per heavy atom. The number of methoxy groups -OCH3 is 1. The van der Waals surface area contributed by atoms with Gasteiger partial charge in [-0.3, -0.25) is 0 Å². The molecule has 0 atom stereocenters. The van der Waals surface area contributed by atoms with Gasteiger partial charge in [-0.1, -0.05) is 13.0 Å². The van der Waals surface area contributed by atoms with E-state index < -0.39 is 11.7 Å². The fourth-order valence-electron chi connectivity index (χ4n) is 1.82. The van der Waals surface area contributed by atoms with Gasteiger partial charge in [0.2, 0.25) is 0 Å². The van der Waals surface area contributed by atoms with Crippen molar-refractivity contribution in [3.63, 3.8) is 0 Å². The van der Waals surface area contributed by atoms with E-state index in [9.17, 15) is 4.79 Å². The van der Waals surface area contributed by atoms with Crippen LogP contribution in [0, 0.1) is 0 Å². The van der Waals surface area contributed by atoms with E-state index in [1.54, 1.807) is 7.11 Å². The topological polar surface area (TPSA) is 56.8 Å². The SMILES string of the molecule is CCCOc1ccc(CCNC(=O)OC(C)(C)C)cc1OC. The molecule has 1 aromatic carbocycles. The van der Waals surface area contributed by atoms with Crippen molar-refractivity contribution >= 4 is 6.09 Å². The maximum absolute atomic E-state index is 11.6. The van der Waals surface area contributed by atoms with Gasteiger partial charge in [-0.2, -0.15) is 0 Å². The first-order chi connectivity index (χ1) is 10.4. The van der Waals surface area contributed by atoms with Crippen molar-refractivity contribution in [2.45, 2.75) is 46.1 Å². The number of rotatable bonds is 7. The molecule has 0 radical (unpaired) electrons. The number of alkyl carbamates (subject to hydrolysis) is 1. The van der Waals surface area contributed by atoms with Gasteiger partial charge in [0.1, 0.15) is 5.60 Å². The van der Waals surface area contributed by atoms with E-state index in [-0.39, 0.29) is 0 Å². The van der Waals surface area contributed by atoms with Crippen LogP contribution in [0.25, 0.3) is 0 Å². The fourth-order valence-corrected chi connectivity index (χ4v) is 1.82. The Morgan fingerprint density at radius 3 is 2.55 bits per heavy atom. The third-order valence-corrected chi connectivity index (χ3v) is 2.77. The lowest BCUT2D eigenvalue weighted by atomic mass is 10.1. The molecule has 22 heavy (non-hydrogen) atoms. The first kappa shape index (κ1) is 18.1. The van der Waals surface area contributed by atoms with Crippen LogP contribution in [0.3, 0.4) is 0 Å². The Bertz CT molecular complexity index is 480. The van der Waals surface area contributed by atoms with Gasteiger partial charge in [0.25, 0.3) is 0 Å². The number of carbonyl (C=O) groups excluding carboxylic acids is 1. The summed E-state index contributed by atoms with van der Waals surface area (Å²) in [6, 6.07) is 5.81. The third kappa shape index (κ3) is 6.70. The molecule has 0 spiro atoms. The summed E-state index contributed by atoms with van der Waals surface area (Å²) in [4.78, 5) is 11.6. The molecule has 0 aromatic heterocycles. The van der Waals surface area contributed by atoms with Gasteiger partial charge in [0, 0.05) is 6.54 Å². The van der Waals surface area contributed by atoms with Crippen molar-refractivity contribution < 1.29 is 19.0 Å². The zero-order valence-electron chi connectivity index (χ0n) is 14.2. The minimum absolute atomic E-state index is 0.401. The quantitative estimate of drug-likeness (QED) is 0.837. The summed E-state index contributed by atoms with van der Waals surface area (Å²) in [6.07, 6.45) is 1.25. The minimum atomic E-state index is -0.481. The predicted octanol–water partition coefficient (Wildman–Crippen LogP) is 3.55. The minimum Gasteiger partial charge on any atom is -0.493 e. The van der Waals surface area contributed by atoms with Crippen molar-refractivity contribution in [3.8, 4) is 11.5 Å². The predicted molar refractivity (Wildman–Crippen MR) is 86.7 cm³/mol. The maximum atomic E-state index is 11.6. The van der Waals surface area contributed by atoms with Crippen molar-refractivity contribution in [1.29, 1.82) is 0 Å². The van der Waals surface area contributed by atoms with Crippen LogP contribution in [0.2, 0.25) is 0 Å².